The fourth-order valence-corrected chi connectivity index (χ4v) is 5.95. The van der Waals surface area contributed by atoms with E-state index in [-0.39, 0.29) is 47.9 Å². The first kappa shape index (κ1) is 36.8. The van der Waals surface area contributed by atoms with Gasteiger partial charge in [0.25, 0.3) is 0 Å². The van der Waals surface area contributed by atoms with Crippen LogP contribution in [0.5, 0.6) is 0 Å². The van der Waals surface area contributed by atoms with Gasteiger partial charge >= 0.3 is 26.2 Å². The molecular formula is C46H54Zr. The second-order valence-corrected chi connectivity index (χ2v) is 17.3. The van der Waals surface area contributed by atoms with Crippen LogP contribution in [0.1, 0.15) is 105 Å². The normalized spacial score (nSPS) is 12.5. The SMILES string of the molecule is CC(C)(C)c1cc(-c2cc3ccccc3[cH-]2)cc(C(C)(C)C)c1.CC(C)(C)c1cc(-c2cc3ccccc3[cH-]2)cc(C(C)(C)C)c1.[Zr+2]. The summed E-state index contributed by atoms with van der Waals surface area (Å²) in [7, 11) is 0. The molecule has 0 N–H and O–H groups in total. The van der Waals surface area contributed by atoms with Crippen molar-refractivity contribution in [2.75, 3.05) is 0 Å². The molecule has 0 aromatic heterocycles. The second kappa shape index (κ2) is 13.5. The van der Waals surface area contributed by atoms with Crippen molar-refractivity contribution in [3.63, 3.8) is 0 Å². The Labute approximate surface area is 304 Å². The molecule has 0 amide bonds. The molecule has 1 heteroatoms. The summed E-state index contributed by atoms with van der Waals surface area (Å²) in [6, 6.07) is 40.7. The van der Waals surface area contributed by atoms with Gasteiger partial charge in [0.15, 0.2) is 0 Å². The quantitative estimate of drug-likeness (QED) is 0.158. The molecule has 0 atom stereocenters. The van der Waals surface area contributed by atoms with E-state index < -0.39 is 0 Å². The summed E-state index contributed by atoms with van der Waals surface area (Å²) in [5, 5.41) is 5.28. The first-order chi connectivity index (χ1) is 21.3. The minimum absolute atomic E-state index is 0. The van der Waals surface area contributed by atoms with Crippen LogP contribution < -0.4 is 0 Å². The van der Waals surface area contributed by atoms with Crippen molar-refractivity contribution in [2.24, 2.45) is 0 Å². The molecule has 0 fully saturated rings. The summed E-state index contributed by atoms with van der Waals surface area (Å²) in [5.74, 6) is 0. The van der Waals surface area contributed by atoms with Crippen molar-refractivity contribution in [2.45, 2.75) is 105 Å². The van der Waals surface area contributed by atoms with E-state index in [0.29, 0.717) is 0 Å². The van der Waals surface area contributed by atoms with E-state index in [1.54, 1.807) is 0 Å². The van der Waals surface area contributed by atoms with Gasteiger partial charge < -0.3 is 0 Å². The Morgan fingerprint density at radius 3 is 0.894 bits per heavy atom. The molecule has 6 aromatic carbocycles. The Morgan fingerprint density at radius 1 is 0.362 bits per heavy atom. The molecule has 6 aromatic rings. The molecule has 0 heterocycles. The van der Waals surface area contributed by atoms with Crippen molar-refractivity contribution in [1.29, 1.82) is 0 Å². The molecule has 0 aliphatic heterocycles. The number of rotatable bonds is 2. The molecule has 242 valence electrons. The largest absolute Gasteiger partial charge is 2.00 e. The molecule has 6 rings (SSSR count). The predicted octanol–water partition coefficient (Wildman–Crippen LogP) is 13.6. The summed E-state index contributed by atoms with van der Waals surface area (Å²) in [6.45, 7) is 27.5. The fraction of sp³-hybridized carbons (Fsp3) is 0.348. The summed E-state index contributed by atoms with van der Waals surface area (Å²) < 4.78 is 0. The van der Waals surface area contributed by atoms with Gasteiger partial charge in [-0.1, -0.05) is 167 Å². The van der Waals surface area contributed by atoms with E-state index in [1.807, 2.05) is 0 Å². The molecule has 0 bridgehead atoms. The van der Waals surface area contributed by atoms with Crippen LogP contribution in [0.2, 0.25) is 0 Å². The number of fused-ring (bicyclic) bond motifs is 2. The summed E-state index contributed by atoms with van der Waals surface area (Å²) in [5.41, 5.74) is 11.6. The Morgan fingerprint density at radius 2 is 0.638 bits per heavy atom. The summed E-state index contributed by atoms with van der Waals surface area (Å²) >= 11 is 0. The Hall–Kier alpha value is -3.02. The maximum Gasteiger partial charge on any atom is 2.00 e. The molecular weight excluding hydrogens is 644 g/mol. The maximum absolute atomic E-state index is 2.38. The Balaban J connectivity index is 0.000000208. The van der Waals surface area contributed by atoms with Crippen molar-refractivity contribution in [1.82, 2.24) is 0 Å². The van der Waals surface area contributed by atoms with Crippen LogP contribution in [0.15, 0.2) is 109 Å². The van der Waals surface area contributed by atoms with Crippen LogP contribution in [-0.2, 0) is 47.9 Å². The van der Waals surface area contributed by atoms with E-state index in [9.17, 15) is 0 Å². The molecule has 0 saturated carbocycles. The van der Waals surface area contributed by atoms with Crippen LogP contribution in [0, 0.1) is 0 Å². The molecule has 0 aliphatic carbocycles. The second-order valence-electron chi connectivity index (χ2n) is 17.3. The smallest absolute Gasteiger partial charge is 0.145 e. The van der Waals surface area contributed by atoms with Gasteiger partial charge in [-0.05, 0) is 43.9 Å². The van der Waals surface area contributed by atoms with E-state index in [1.165, 1.54) is 66.1 Å². The maximum atomic E-state index is 2.38. The van der Waals surface area contributed by atoms with Crippen molar-refractivity contribution in [3.8, 4) is 22.3 Å². The molecule has 0 nitrogen and oxygen atoms in total. The zero-order valence-corrected chi connectivity index (χ0v) is 33.4. The summed E-state index contributed by atoms with van der Waals surface area (Å²) in [4.78, 5) is 0. The first-order valence-corrected chi connectivity index (χ1v) is 16.9. The van der Waals surface area contributed by atoms with Crippen molar-refractivity contribution in [3.05, 3.63) is 131 Å². The van der Waals surface area contributed by atoms with Crippen LogP contribution in [-0.4, -0.2) is 0 Å². The number of benzene rings is 4. The third kappa shape index (κ3) is 8.72. The van der Waals surface area contributed by atoms with E-state index in [0.717, 1.165) is 0 Å². The standard InChI is InChI=1S/2C23H27.Zr/c2*1-22(2,3)20-13-19(14-21(15-20)23(4,5)6)18-11-16-9-7-8-10-17(16)12-18;/h2*7-15H,1-6H3;/q2*-1;+2. The zero-order valence-electron chi connectivity index (χ0n) is 30.9. The number of hydrogen-bond donors (Lipinski definition) is 0. The third-order valence-corrected chi connectivity index (χ3v) is 9.23. The Bertz CT molecular complexity index is 1690. The molecule has 0 radical (unpaired) electrons. The third-order valence-electron chi connectivity index (χ3n) is 9.23. The van der Waals surface area contributed by atoms with Gasteiger partial charge in [-0.3, -0.25) is 0 Å². The van der Waals surface area contributed by atoms with E-state index in [4.69, 9.17) is 0 Å². The van der Waals surface area contributed by atoms with Gasteiger partial charge in [0, 0.05) is 0 Å². The predicted molar refractivity (Wildman–Crippen MR) is 205 cm³/mol. The van der Waals surface area contributed by atoms with Crippen molar-refractivity contribution < 1.29 is 26.2 Å². The van der Waals surface area contributed by atoms with Gasteiger partial charge in [0.1, 0.15) is 0 Å². The van der Waals surface area contributed by atoms with E-state index >= 15 is 0 Å². The van der Waals surface area contributed by atoms with Crippen molar-refractivity contribution >= 4 is 21.5 Å². The minimum Gasteiger partial charge on any atom is -0.145 e. The van der Waals surface area contributed by atoms with Gasteiger partial charge in [-0.2, -0.15) is 0 Å². The average Bonchev–Trinajstić information content (AvgIpc) is 3.60. The summed E-state index contributed by atoms with van der Waals surface area (Å²) in [6.07, 6.45) is 0. The van der Waals surface area contributed by atoms with Crippen LogP contribution >= 0.6 is 0 Å². The van der Waals surface area contributed by atoms with E-state index in [2.05, 4.69) is 192 Å². The molecule has 0 aliphatic rings. The van der Waals surface area contributed by atoms with Gasteiger partial charge in [-0.25, -0.2) is 0 Å². The average molecular weight is 698 g/mol. The molecule has 47 heavy (non-hydrogen) atoms. The van der Waals surface area contributed by atoms with Crippen LogP contribution in [0.4, 0.5) is 0 Å². The van der Waals surface area contributed by atoms with Gasteiger partial charge in [0.2, 0.25) is 0 Å². The molecule has 0 unspecified atom stereocenters. The van der Waals surface area contributed by atoms with Gasteiger partial charge in [-0.15, -0.1) is 69.1 Å². The first-order valence-electron chi connectivity index (χ1n) is 16.9. The number of hydrogen-bond acceptors (Lipinski definition) is 0. The minimum atomic E-state index is 0. The zero-order chi connectivity index (χ0) is 33.7. The Kier molecular flexibility index (Phi) is 10.6. The van der Waals surface area contributed by atoms with Crippen LogP contribution in [0.3, 0.4) is 0 Å². The molecule has 0 saturated heterocycles. The topological polar surface area (TPSA) is 0 Å². The molecule has 0 spiro atoms. The van der Waals surface area contributed by atoms with Gasteiger partial charge in [0.05, 0.1) is 0 Å². The fourth-order valence-electron chi connectivity index (χ4n) is 5.95. The monoisotopic (exact) mass is 696 g/mol. The van der Waals surface area contributed by atoms with Crippen LogP contribution in [0.25, 0.3) is 43.8 Å².